The molecule has 1 atom stereocenters. The molecule has 0 unspecified atom stereocenters. The molecule has 3 aromatic rings. The van der Waals surface area contributed by atoms with Gasteiger partial charge in [0.25, 0.3) is 5.91 Å². The van der Waals surface area contributed by atoms with E-state index in [2.05, 4.69) is 28.9 Å². The number of allylic oxidation sites excluding steroid dienone is 2. The number of nitriles is 1. The first-order valence-corrected chi connectivity index (χ1v) is 15.0. The third-order valence-corrected chi connectivity index (χ3v) is 8.32. The fourth-order valence-electron chi connectivity index (χ4n) is 4.27. The second kappa shape index (κ2) is 13.9. The first-order valence-electron chi connectivity index (χ1n) is 13.1. The van der Waals surface area contributed by atoms with Crippen molar-refractivity contribution in [2.75, 3.05) is 23.0 Å². The molecule has 4 rings (SSSR count). The van der Waals surface area contributed by atoms with Crippen LogP contribution in [0.1, 0.15) is 43.0 Å². The lowest BCUT2D eigenvalue weighted by Crippen LogP contribution is -2.31. The Morgan fingerprint density at radius 2 is 1.85 bits per heavy atom. The Labute approximate surface area is 243 Å². The topological polar surface area (TPSA) is 103 Å². The van der Waals surface area contributed by atoms with Gasteiger partial charge in [0.05, 0.1) is 34.9 Å². The highest BCUT2D eigenvalue weighted by atomic mass is 32.2. The van der Waals surface area contributed by atoms with Crippen molar-refractivity contribution in [3.63, 3.8) is 0 Å². The number of rotatable bonds is 11. The van der Waals surface area contributed by atoms with Gasteiger partial charge in [0.1, 0.15) is 5.75 Å². The van der Waals surface area contributed by atoms with E-state index in [0.717, 1.165) is 34.7 Å². The normalized spacial score (nSPS) is 14.8. The van der Waals surface area contributed by atoms with E-state index < -0.39 is 5.92 Å². The lowest BCUT2D eigenvalue weighted by molar-refractivity contribution is -0.114. The second-order valence-electron chi connectivity index (χ2n) is 9.30. The zero-order valence-corrected chi connectivity index (χ0v) is 24.4. The number of anilines is 2. The smallest absolute Gasteiger partial charge is 0.254 e. The molecule has 0 spiro atoms. The molecule has 0 bridgehead atoms. The number of thioether (sulfide) groups is 1. The predicted octanol–water partition coefficient (Wildman–Crippen LogP) is 6.94. The third kappa shape index (κ3) is 7.14. The lowest BCUT2D eigenvalue weighted by Gasteiger charge is -2.29. The average molecular weight is 573 g/mol. The summed E-state index contributed by atoms with van der Waals surface area (Å²) >= 11 is 2.74. The minimum absolute atomic E-state index is 0.0947. The Hall–Kier alpha value is -4.00. The minimum atomic E-state index is -0.541. The standard InChI is InChI=1S/C31H32N4O3S2/c1-4-5-16-38-23-14-12-22(13-15-23)34-27(36)19-40-31-24(18-32)29(26-11-8-17-39-26)28(21(3)33-31)30(37)35-25-10-7-6-9-20(25)2/h6-15,17,29,33H,4-5,16,19H2,1-3H3,(H,34,36)(H,35,37)/t29-/m0/s1. The molecule has 0 saturated heterocycles. The number of carbonyl (C=O) groups is 2. The maximum absolute atomic E-state index is 13.6. The van der Waals surface area contributed by atoms with Gasteiger partial charge < -0.3 is 20.7 Å². The molecule has 3 N–H and O–H groups in total. The summed E-state index contributed by atoms with van der Waals surface area (Å²) in [6.07, 6.45) is 2.06. The van der Waals surface area contributed by atoms with Crippen LogP contribution in [0, 0.1) is 18.3 Å². The number of benzene rings is 2. The third-order valence-electron chi connectivity index (χ3n) is 6.37. The van der Waals surface area contributed by atoms with Crippen molar-refractivity contribution in [3.8, 4) is 11.8 Å². The van der Waals surface area contributed by atoms with Crippen LogP contribution >= 0.6 is 23.1 Å². The summed E-state index contributed by atoms with van der Waals surface area (Å²) in [6, 6.07) is 21.0. The first-order chi connectivity index (χ1) is 19.4. The van der Waals surface area contributed by atoms with Crippen LogP contribution in [-0.2, 0) is 9.59 Å². The number of aryl methyl sites for hydroxylation is 1. The first kappa shape index (κ1) is 29.0. The van der Waals surface area contributed by atoms with Crippen LogP contribution in [0.3, 0.4) is 0 Å². The summed E-state index contributed by atoms with van der Waals surface area (Å²) in [4.78, 5) is 27.2. The van der Waals surface area contributed by atoms with Crippen molar-refractivity contribution >= 4 is 46.3 Å². The molecule has 2 aromatic carbocycles. The van der Waals surface area contributed by atoms with Gasteiger partial charge in [-0.15, -0.1) is 11.3 Å². The summed E-state index contributed by atoms with van der Waals surface area (Å²) in [5.41, 5.74) is 3.87. The highest BCUT2D eigenvalue weighted by Gasteiger charge is 2.35. The zero-order chi connectivity index (χ0) is 28.5. The SMILES string of the molecule is CCCCOc1ccc(NC(=O)CSC2=C(C#N)[C@@H](c3cccs3)C(C(=O)Nc3ccccc3C)=C(C)N2)cc1. The molecule has 40 heavy (non-hydrogen) atoms. The molecule has 0 fully saturated rings. The molecule has 0 radical (unpaired) electrons. The molecule has 1 aliphatic rings. The van der Waals surface area contributed by atoms with Crippen molar-refractivity contribution in [3.05, 3.63) is 98.4 Å². The Bertz CT molecular complexity index is 1450. The number of unbranched alkanes of at least 4 members (excludes halogenated alkanes) is 1. The van der Waals surface area contributed by atoms with E-state index in [1.165, 1.54) is 23.1 Å². The van der Waals surface area contributed by atoms with Crippen LogP contribution in [0.4, 0.5) is 11.4 Å². The van der Waals surface area contributed by atoms with E-state index >= 15 is 0 Å². The monoisotopic (exact) mass is 572 g/mol. The maximum Gasteiger partial charge on any atom is 0.254 e. The number of carbonyl (C=O) groups excluding carboxylic acids is 2. The van der Waals surface area contributed by atoms with E-state index in [4.69, 9.17) is 4.74 Å². The van der Waals surface area contributed by atoms with E-state index in [1.807, 2.05) is 79.9 Å². The van der Waals surface area contributed by atoms with Gasteiger partial charge in [0.15, 0.2) is 0 Å². The highest BCUT2D eigenvalue weighted by Crippen LogP contribution is 2.42. The number of nitrogens with zero attached hydrogens (tertiary/aromatic N) is 1. The van der Waals surface area contributed by atoms with Crippen LogP contribution in [0.5, 0.6) is 5.75 Å². The highest BCUT2D eigenvalue weighted by molar-refractivity contribution is 8.03. The minimum Gasteiger partial charge on any atom is -0.494 e. The van der Waals surface area contributed by atoms with Crippen molar-refractivity contribution in [1.29, 1.82) is 5.26 Å². The van der Waals surface area contributed by atoms with Crippen molar-refractivity contribution in [2.45, 2.75) is 39.5 Å². The largest absolute Gasteiger partial charge is 0.494 e. The van der Waals surface area contributed by atoms with Crippen LogP contribution < -0.4 is 20.7 Å². The Balaban J connectivity index is 1.49. The lowest BCUT2D eigenvalue weighted by atomic mass is 9.86. The molecular weight excluding hydrogens is 541 g/mol. The Morgan fingerprint density at radius 3 is 2.52 bits per heavy atom. The summed E-state index contributed by atoms with van der Waals surface area (Å²) in [5.74, 6) is -0.151. The average Bonchev–Trinajstić information content (AvgIpc) is 3.48. The summed E-state index contributed by atoms with van der Waals surface area (Å²) in [6.45, 7) is 6.54. The zero-order valence-electron chi connectivity index (χ0n) is 22.7. The van der Waals surface area contributed by atoms with Crippen LogP contribution in [0.25, 0.3) is 0 Å². The van der Waals surface area contributed by atoms with Gasteiger partial charge in [-0.1, -0.05) is 49.4 Å². The van der Waals surface area contributed by atoms with E-state index in [-0.39, 0.29) is 17.6 Å². The molecule has 2 heterocycles. The molecule has 206 valence electrons. The van der Waals surface area contributed by atoms with Crippen molar-refractivity contribution in [2.24, 2.45) is 0 Å². The van der Waals surface area contributed by atoms with Gasteiger partial charge in [-0.25, -0.2) is 0 Å². The molecule has 2 amide bonds. The van der Waals surface area contributed by atoms with E-state index in [1.54, 1.807) is 0 Å². The number of thiophene rings is 1. The van der Waals surface area contributed by atoms with Crippen LogP contribution in [0.2, 0.25) is 0 Å². The number of amides is 2. The molecule has 0 aliphatic carbocycles. The van der Waals surface area contributed by atoms with Crippen molar-refractivity contribution < 1.29 is 14.3 Å². The number of ether oxygens (including phenoxy) is 1. The summed E-state index contributed by atoms with van der Waals surface area (Å²) in [5, 5.41) is 21.9. The molecule has 1 aromatic heterocycles. The van der Waals surface area contributed by atoms with Gasteiger partial charge in [-0.2, -0.15) is 5.26 Å². The Kier molecular flexibility index (Phi) is 10.1. The van der Waals surface area contributed by atoms with Gasteiger partial charge in [0.2, 0.25) is 5.91 Å². The molecule has 1 aliphatic heterocycles. The van der Waals surface area contributed by atoms with E-state index in [0.29, 0.717) is 34.2 Å². The van der Waals surface area contributed by atoms with Gasteiger partial charge >= 0.3 is 0 Å². The molecule has 7 nitrogen and oxygen atoms in total. The molecule has 0 saturated carbocycles. The fourth-order valence-corrected chi connectivity index (χ4v) is 6.01. The Morgan fingerprint density at radius 1 is 1.07 bits per heavy atom. The van der Waals surface area contributed by atoms with Gasteiger partial charge in [0, 0.05) is 27.5 Å². The van der Waals surface area contributed by atoms with E-state index in [9.17, 15) is 14.9 Å². The van der Waals surface area contributed by atoms with Crippen LogP contribution in [-0.4, -0.2) is 24.2 Å². The number of dihydropyridines is 1. The maximum atomic E-state index is 13.6. The second-order valence-corrected chi connectivity index (χ2v) is 11.3. The number of hydrogen-bond donors (Lipinski definition) is 3. The number of para-hydroxylation sites is 1. The quantitative estimate of drug-likeness (QED) is 0.215. The summed E-state index contributed by atoms with van der Waals surface area (Å²) < 4.78 is 5.68. The molecular formula is C31H32N4O3S2. The molecule has 9 heteroatoms. The van der Waals surface area contributed by atoms with Gasteiger partial charge in [-0.05, 0) is 67.6 Å². The fraction of sp³-hybridized carbons (Fsp3) is 0.258. The van der Waals surface area contributed by atoms with Crippen LogP contribution in [0.15, 0.2) is 87.9 Å². The predicted molar refractivity (Wildman–Crippen MR) is 163 cm³/mol. The number of hydrogen-bond acceptors (Lipinski definition) is 7. The van der Waals surface area contributed by atoms with Crippen molar-refractivity contribution in [1.82, 2.24) is 5.32 Å². The van der Waals surface area contributed by atoms with Gasteiger partial charge in [-0.3, -0.25) is 9.59 Å². The summed E-state index contributed by atoms with van der Waals surface area (Å²) in [7, 11) is 0. The number of nitrogens with one attached hydrogen (secondary N) is 3.